The Labute approximate surface area is 62.6 Å². The highest BCUT2D eigenvalue weighted by Gasteiger charge is 2.31. The summed E-state index contributed by atoms with van der Waals surface area (Å²) in [6.45, 7) is 2.59. The number of hydrogen-bond acceptors (Lipinski definition) is 1. The van der Waals surface area contributed by atoms with Crippen molar-refractivity contribution in [3.63, 3.8) is 0 Å². The van der Waals surface area contributed by atoms with Gasteiger partial charge in [0.15, 0.2) is 0 Å². The molecule has 2 aliphatic rings. The van der Waals surface area contributed by atoms with Gasteiger partial charge < -0.3 is 5.32 Å². The number of nitrogens with one attached hydrogen (secondary N) is 1. The van der Waals surface area contributed by atoms with Gasteiger partial charge in [0, 0.05) is 0 Å². The van der Waals surface area contributed by atoms with E-state index in [4.69, 9.17) is 0 Å². The molecule has 9 heavy (non-hydrogen) atoms. The quantitative estimate of drug-likeness (QED) is 0.547. The van der Waals surface area contributed by atoms with E-state index in [1.54, 1.807) is 0 Å². The monoisotopic (exact) mass is 147 g/mol. The lowest BCUT2D eigenvalue weighted by Crippen LogP contribution is -2.42. The van der Waals surface area contributed by atoms with Crippen LogP contribution in [0.1, 0.15) is 19.3 Å². The standard InChI is InChI=1S/C7H13N.ClH/c1-2-7-5-8-4-3-6(1)7;/h6-8H,1-5H2;1H/t6-,7+;/m0./s1. The largest absolute Gasteiger partial charge is 0.316 e. The fraction of sp³-hybridized carbons (Fsp3) is 1.00. The van der Waals surface area contributed by atoms with Crippen LogP contribution in [0.25, 0.3) is 0 Å². The van der Waals surface area contributed by atoms with Crippen molar-refractivity contribution in [3.05, 3.63) is 0 Å². The first kappa shape index (κ1) is 7.36. The molecule has 1 saturated carbocycles. The van der Waals surface area contributed by atoms with E-state index in [0.29, 0.717) is 0 Å². The van der Waals surface area contributed by atoms with Gasteiger partial charge in [-0.05, 0) is 44.2 Å². The second kappa shape index (κ2) is 2.89. The molecule has 54 valence electrons. The zero-order chi connectivity index (χ0) is 5.40. The Morgan fingerprint density at radius 3 is 2.11 bits per heavy atom. The van der Waals surface area contributed by atoms with E-state index in [-0.39, 0.29) is 12.4 Å². The molecule has 1 heterocycles. The van der Waals surface area contributed by atoms with Gasteiger partial charge in [0.05, 0.1) is 0 Å². The van der Waals surface area contributed by atoms with Crippen molar-refractivity contribution in [1.29, 1.82) is 0 Å². The van der Waals surface area contributed by atoms with Crippen molar-refractivity contribution >= 4 is 12.4 Å². The molecule has 1 aliphatic heterocycles. The van der Waals surface area contributed by atoms with E-state index >= 15 is 0 Å². The predicted octanol–water partition coefficient (Wildman–Crippen LogP) is 1.43. The van der Waals surface area contributed by atoms with Crippen molar-refractivity contribution < 1.29 is 0 Å². The van der Waals surface area contributed by atoms with Gasteiger partial charge in [-0.15, -0.1) is 12.4 Å². The van der Waals surface area contributed by atoms with E-state index in [0.717, 1.165) is 11.8 Å². The maximum Gasteiger partial charge on any atom is -0.00179 e. The molecular weight excluding hydrogens is 134 g/mol. The Morgan fingerprint density at radius 1 is 1.00 bits per heavy atom. The van der Waals surface area contributed by atoms with Gasteiger partial charge in [0.25, 0.3) is 0 Å². The van der Waals surface area contributed by atoms with Crippen LogP contribution in [0.5, 0.6) is 0 Å². The van der Waals surface area contributed by atoms with Gasteiger partial charge >= 0.3 is 0 Å². The van der Waals surface area contributed by atoms with Crippen LogP contribution >= 0.6 is 12.4 Å². The van der Waals surface area contributed by atoms with Crippen molar-refractivity contribution in [3.8, 4) is 0 Å². The zero-order valence-corrected chi connectivity index (χ0v) is 6.41. The molecule has 2 heteroatoms. The Hall–Kier alpha value is 0.250. The summed E-state index contributed by atoms with van der Waals surface area (Å²) in [5, 5.41) is 3.42. The molecule has 0 aromatic heterocycles. The first-order valence-electron chi connectivity index (χ1n) is 3.67. The zero-order valence-electron chi connectivity index (χ0n) is 5.60. The van der Waals surface area contributed by atoms with E-state index in [9.17, 15) is 0 Å². The summed E-state index contributed by atoms with van der Waals surface area (Å²) in [5.74, 6) is 2.19. The SMILES string of the molecule is C1C[C@@H]2CC[C@@H]2CN1.Cl. The molecule has 2 atom stereocenters. The van der Waals surface area contributed by atoms with Gasteiger partial charge in [-0.25, -0.2) is 0 Å². The number of rotatable bonds is 0. The summed E-state index contributed by atoms with van der Waals surface area (Å²) >= 11 is 0. The molecule has 0 bridgehead atoms. The Balaban J connectivity index is 0.000000405. The molecule has 0 amide bonds. The molecule has 1 N–H and O–H groups in total. The number of halogens is 1. The molecule has 2 rings (SSSR count). The summed E-state index contributed by atoms with van der Waals surface area (Å²) in [7, 11) is 0. The van der Waals surface area contributed by atoms with Gasteiger partial charge in [-0.1, -0.05) is 0 Å². The van der Waals surface area contributed by atoms with Crippen LogP contribution in [0, 0.1) is 11.8 Å². The lowest BCUT2D eigenvalue weighted by molar-refractivity contribution is 0.130. The minimum Gasteiger partial charge on any atom is -0.316 e. The minimum atomic E-state index is 0. The van der Waals surface area contributed by atoms with Crippen molar-refractivity contribution in [2.45, 2.75) is 19.3 Å². The fourth-order valence-electron chi connectivity index (χ4n) is 1.86. The Morgan fingerprint density at radius 2 is 1.78 bits per heavy atom. The Kier molecular flexibility index (Phi) is 2.36. The maximum atomic E-state index is 3.42. The third-order valence-corrected chi connectivity index (χ3v) is 2.67. The molecule has 0 unspecified atom stereocenters. The summed E-state index contributed by atoms with van der Waals surface area (Å²) in [6, 6.07) is 0. The molecular formula is C7H14ClN. The molecule has 0 aromatic rings. The first-order valence-corrected chi connectivity index (χ1v) is 3.67. The average Bonchev–Trinajstić information content (AvgIpc) is 1.72. The minimum absolute atomic E-state index is 0. The Bertz CT molecular complexity index is 82.9. The molecule has 2 fully saturated rings. The van der Waals surface area contributed by atoms with Gasteiger partial charge in [-0.2, -0.15) is 0 Å². The van der Waals surface area contributed by atoms with E-state index in [2.05, 4.69) is 5.32 Å². The van der Waals surface area contributed by atoms with Crippen molar-refractivity contribution in [2.24, 2.45) is 11.8 Å². The normalized spacial score (nSPS) is 40.0. The highest BCUT2D eigenvalue weighted by molar-refractivity contribution is 5.85. The van der Waals surface area contributed by atoms with Crippen LogP contribution in [0.15, 0.2) is 0 Å². The van der Waals surface area contributed by atoms with Crippen LogP contribution in [0.2, 0.25) is 0 Å². The van der Waals surface area contributed by atoms with Crippen LogP contribution in [0.4, 0.5) is 0 Å². The summed E-state index contributed by atoms with van der Waals surface area (Å²) < 4.78 is 0. The molecule has 1 aliphatic carbocycles. The number of piperidine rings is 1. The topological polar surface area (TPSA) is 12.0 Å². The van der Waals surface area contributed by atoms with Gasteiger partial charge in [0.2, 0.25) is 0 Å². The van der Waals surface area contributed by atoms with E-state index in [1.807, 2.05) is 0 Å². The third-order valence-electron chi connectivity index (χ3n) is 2.67. The van der Waals surface area contributed by atoms with Crippen LogP contribution in [-0.4, -0.2) is 13.1 Å². The smallest absolute Gasteiger partial charge is 0.00179 e. The van der Waals surface area contributed by atoms with Crippen LogP contribution < -0.4 is 5.32 Å². The predicted molar refractivity (Wildman–Crippen MR) is 40.9 cm³/mol. The summed E-state index contributed by atoms with van der Waals surface area (Å²) in [4.78, 5) is 0. The van der Waals surface area contributed by atoms with Gasteiger partial charge in [-0.3, -0.25) is 0 Å². The fourth-order valence-corrected chi connectivity index (χ4v) is 1.86. The number of hydrogen-bond donors (Lipinski definition) is 1. The van der Waals surface area contributed by atoms with E-state index in [1.165, 1.54) is 32.4 Å². The maximum absolute atomic E-state index is 3.42. The molecule has 0 aromatic carbocycles. The third kappa shape index (κ3) is 1.22. The molecule has 0 radical (unpaired) electrons. The molecule has 1 nitrogen and oxygen atoms in total. The number of fused-ring (bicyclic) bond motifs is 1. The highest BCUT2D eigenvalue weighted by Crippen LogP contribution is 2.37. The summed E-state index contributed by atoms with van der Waals surface area (Å²) in [5.41, 5.74) is 0. The second-order valence-corrected chi connectivity index (χ2v) is 3.09. The van der Waals surface area contributed by atoms with Crippen molar-refractivity contribution in [2.75, 3.05) is 13.1 Å². The van der Waals surface area contributed by atoms with E-state index < -0.39 is 0 Å². The lowest BCUT2D eigenvalue weighted by Gasteiger charge is -2.40. The van der Waals surface area contributed by atoms with Crippen LogP contribution in [-0.2, 0) is 0 Å². The van der Waals surface area contributed by atoms with Gasteiger partial charge in [0.1, 0.15) is 0 Å². The molecule has 0 spiro atoms. The van der Waals surface area contributed by atoms with Crippen molar-refractivity contribution in [1.82, 2.24) is 5.32 Å². The van der Waals surface area contributed by atoms with Crippen LogP contribution in [0.3, 0.4) is 0 Å². The summed E-state index contributed by atoms with van der Waals surface area (Å²) in [6.07, 6.45) is 4.47. The first-order chi connectivity index (χ1) is 3.97. The molecule has 1 saturated heterocycles. The second-order valence-electron chi connectivity index (χ2n) is 3.09. The lowest BCUT2D eigenvalue weighted by atomic mass is 9.70. The average molecular weight is 148 g/mol. The highest BCUT2D eigenvalue weighted by atomic mass is 35.5.